The Labute approximate surface area is 172 Å². The first-order chi connectivity index (χ1) is 12.6. The Bertz CT molecular complexity index is 761. The molecule has 1 aromatic carbocycles. The van der Waals surface area contributed by atoms with E-state index in [0.717, 1.165) is 5.54 Å². The molecule has 0 spiro atoms. The third-order valence-electron chi connectivity index (χ3n) is 8.33. The molecule has 0 N–H and O–H groups in total. The zero-order chi connectivity index (χ0) is 20.0. The number of benzene rings is 1. The number of hydrogen-bond donors (Lipinski definition) is 0. The van der Waals surface area contributed by atoms with Gasteiger partial charge in [0.05, 0.1) is 0 Å². The van der Waals surface area contributed by atoms with E-state index in [1.807, 2.05) is 3.88 Å². The fourth-order valence-electron chi connectivity index (χ4n) is 6.76. The summed E-state index contributed by atoms with van der Waals surface area (Å²) in [4.78, 5) is 0. The van der Waals surface area contributed by atoms with Gasteiger partial charge in [0, 0.05) is 0 Å². The predicted molar refractivity (Wildman–Crippen MR) is 122 cm³/mol. The van der Waals surface area contributed by atoms with Crippen LogP contribution in [0.15, 0.2) is 50.9 Å². The van der Waals surface area contributed by atoms with Crippen molar-refractivity contribution in [2.75, 3.05) is 0 Å². The van der Waals surface area contributed by atoms with Crippen molar-refractivity contribution >= 4 is 13.3 Å². The molecule has 0 heterocycles. The average Bonchev–Trinajstić information content (AvgIpc) is 2.83. The van der Waals surface area contributed by atoms with Gasteiger partial charge < -0.3 is 0 Å². The summed E-state index contributed by atoms with van der Waals surface area (Å²) in [5, 5.41) is 9.88. The van der Waals surface area contributed by atoms with E-state index in [1.165, 1.54) is 32.1 Å². The Kier molecular flexibility index (Phi) is 5.90. The van der Waals surface area contributed by atoms with Crippen LogP contribution >= 0.6 is 0 Å². The van der Waals surface area contributed by atoms with Crippen molar-refractivity contribution in [1.82, 2.24) is 0 Å². The fourth-order valence-corrected chi connectivity index (χ4v) is 20.2. The Balaban J connectivity index is 2.31. The molecular formula is C25H40SiTi. The predicted octanol–water partition coefficient (Wildman–Crippen LogP) is 7.99. The number of allylic oxidation sites excluding steroid dienone is 4. The second-order valence-corrected chi connectivity index (χ2v) is 23.1. The van der Waals surface area contributed by atoms with Crippen LogP contribution in [-0.4, -0.2) is 8.07 Å². The second-order valence-electron chi connectivity index (χ2n) is 10.5. The summed E-state index contributed by atoms with van der Waals surface area (Å²) in [6.07, 6.45) is 7.21. The van der Waals surface area contributed by atoms with Crippen molar-refractivity contribution in [1.29, 1.82) is 0 Å². The van der Waals surface area contributed by atoms with Crippen LogP contribution in [-0.2, 0) is 16.6 Å². The van der Waals surface area contributed by atoms with E-state index in [-0.39, 0.29) is 0 Å². The molecule has 2 heteroatoms. The van der Waals surface area contributed by atoms with Crippen LogP contribution in [0.1, 0.15) is 59.8 Å². The van der Waals surface area contributed by atoms with Crippen molar-refractivity contribution in [3.05, 3.63) is 50.9 Å². The number of rotatable bonds is 4. The summed E-state index contributed by atoms with van der Waals surface area (Å²) < 4.78 is 1.92. The van der Waals surface area contributed by atoms with Crippen LogP contribution in [0, 0.1) is 0 Å². The van der Waals surface area contributed by atoms with E-state index in [4.69, 9.17) is 0 Å². The summed E-state index contributed by atoms with van der Waals surface area (Å²) in [5.74, 6) is 0. The molecule has 2 atom stereocenters. The van der Waals surface area contributed by atoms with E-state index in [2.05, 4.69) is 80.3 Å². The summed E-state index contributed by atoms with van der Waals surface area (Å²) >= 11 is -2.02. The first-order valence-corrected chi connectivity index (χ1v) is 19.1. The minimum atomic E-state index is -2.02. The monoisotopic (exact) mass is 416 g/mol. The van der Waals surface area contributed by atoms with E-state index in [1.54, 1.807) is 21.9 Å². The molecule has 0 saturated heterocycles. The van der Waals surface area contributed by atoms with Crippen LogP contribution in [0.25, 0.3) is 0 Å². The van der Waals surface area contributed by atoms with Gasteiger partial charge in [-0.15, -0.1) is 0 Å². The van der Waals surface area contributed by atoms with Gasteiger partial charge >= 0.3 is 173 Å². The van der Waals surface area contributed by atoms with Crippen molar-refractivity contribution in [3.63, 3.8) is 0 Å². The quantitative estimate of drug-likeness (QED) is 0.436. The molecule has 0 radical (unpaired) electrons. The third-order valence-corrected chi connectivity index (χ3v) is 18.9. The van der Waals surface area contributed by atoms with E-state index in [9.17, 15) is 0 Å². The maximum atomic E-state index is 2.77. The van der Waals surface area contributed by atoms with Crippen molar-refractivity contribution < 1.29 is 16.6 Å². The van der Waals surface area contributed by atoms with Gasteiger partial charge in [0.2, 0.25) is 0 Å². The summed E-state index contributed by atoms with van der Waals surface area (Å²) in [6, 6.07) is 11.8. The van der Waals surface area contributed by atoms with Crippen LogP contribution < -0.4 is 5.19 Å². The van der Waals surface area contributed by atoms with Crippen LogP contribution in [0.3, 0.4) is 0 Å². The molecule has 1 fully saturated rings. The fraction of sp³-hybridized carbons (Fsp3) is 0.600. The van der Waals surface area contributed by atoms with Gasteiger partial charge in [-0.2, -0.15) is 0 Å². The van der Waals surface area contributed by atoms with E-state index >= 15 is 0 Å². The van der Waals surface area contributed by atoms with Crippen LogP contribution in [0.5, 0.6) is 0 Å². The normalized spacial score (nSPS) is 27.3. The Morgan fingerprint density at radius 1 is 0.889 bits per heavy atom. The summed E-state index contributed by atoms with van der Waals surface area (Å²) in [5.41, 5.74) is 5.89. The standard InChI is InChI=1S/C22H31Si.3CH3.Ti/c1-17-16-22(4,19(3)18(17)2)23(5,20-12-8-6-9-13-20)21-14-10-7-11-15-21;;;;/h6,8-9,12-13,21H,7,10-11,14-15H2,1-5H3;3*1H3;. The maximum absolute atomic E-state index is 2.77. The van der Waals surface area contributed by atoms with E-state index in [0.29, 0.717) is 5.04 Å². The zero-order valence-electron chi connectivity index (χ0n) is 19.0. The second kappa shape index (κ2) is 7.47. The molecule has 0 bridgehead atoms. The van der Waals surface area contributed by atoms with Gasteiger partial charge in [0.25, 0.3) is 0 Å². The average molecular weight is 417 g/mol. The molecule has 0 nitrogen and oxygen atoms in total. The molecule has 2 aliphatic carbocycles. The third kappa shape index (κ3) is 3.22. The molecule has 0 amide bonds. The van der Waals surface area contributed by atoms with E-state index < -0.39 is 24.7 Å². The molecule has 2 aliphatic rings. The van der Waals surface area contributed by atoms with Crippen molar-refractivity contribution in [2.45, 2.75) is 92.6 Å². The molecular weight excluding hydrogens is 376 g/mol. The Hall–Kier alpha value is -0.369. The molecule has 3 rings (SSSR count). The number of hydrogen-bond acceptors (Lipinski definition) is 0. The Morgan fingerprint density at radius 3 is 1.96 bits per heavy atom. The van der Waals surface area contributed by atoms with Gasteiger partial charge in [-0.3, -0.25) is 0 Å². The zero-order valence-corrected chi connectivity index (χ0v) is 21.6. The molecule has 0 aromatic heterocycles. The first kappa shape index (κ1) is 21.3. The van der Waals surface area contributed by atoms with Gasteiger partial charge in [0.1, 0.15) is 0 Å². The van der Waals surface area contributed by atoms with Gasteiger partial charge in [-0.05, 0) is 0 Å². The molecule has 0 aliphatic heterocycles. The molecule has 27 heavy (non-hydrogen) atoms. The first-order valence-electron chi connectivity index (χ1n) is 11.0. The molecule has 1 saturated carbocycles. The van der Waals surface area contributed by atoms with Crippen molar-refractivity contribution in [3.8, 4) is 0 Å². The molecule has 1 aromatic rings. The molecule has 148 valence electrons. The summed E-state index contributed by atoms with van der Waals surface area (Å²) in [7, 11) is -1.80. The van der Waals surface area contributed by atoms with Gasteiger partial charge in [-0.1, -0.05) is 0 Å². The topological polar surface area (TPSA) is 0 Å². The Morgan fingerprint density at radius 2 is 1.44 bits per heavy atom. The summed E-state index contributed by atoms with van der Waals surface area (Å²) in [6.45, 7) is 12.8. The molecule has 2 unspecified atom stereocenters. The van der Waals surface area contributed by atoms with Crippen molar-refractivity contribution in [2.24, 2.45) is 0 Å². The van der Waals surface area contributed by atoms with Crippen LogP contribution in [0.2, 0.25) is 32.8 Å². The van der Waals surface area contributed by atoms with Gasteiger partial charge in [-0.25, -0.2) is 0 Å². The van der Waals surface area contributed by atoms with Gasteiger partial charge in [0.15, 0.2) is 0 Å². The minimum absolute atomic E-state index is 0.294. The van der Waals surface area contributed by atoms with Crippen LogP contribution in [0.4, 0.5) is 0 Å². The SMILES string of the molecule is CC1=C(C)C(C)([Si](C)(c2ccccc2)C2CCCCC2)[C]([Ti]([CH3])([CH3])[CH3])=C1C.